The third-order valence-electron chi connectivity index (χ3n) is 4.57. The van der Waals surface area contributed by atoms with Crippen molar-refractivity contribution in [2.45, 2.75) is 32.2 Å². The highest BCUT2D eigenvalue weighted by atomic mass is 35.5. The molecule has 1 aromatic rings. The highest BCUT2D eigenvalue weighted by Crippen LogP contribution is 2.29. The average molecular weight is 338 g/mol. The van der Waals surface area contributed by atoms with Crippen LogP contribution in [0.1, 0.15) is 32.3 Å². The first-order valence-electron chi connectivity index (χ1n) is 8.06. The average Bonchev–Trinajstić information content (AvgIpc) is 2.57. The lowest BCUT2D eigenvalue weighted by Gasteiger charge is -2.35. The molecule has 1 aliphatic heterocycles. The predicted molar refractivity (Wildman–Crippen MR) is 91.3 cm³/mol. The number of rotatable bonds is 6. The summed E-state index contributed by atoms with van der Waals surface area (Å²) >= 11 is 5.97. The summed E-state index contributed by atoms with van der Waals surface area (Å²) < 4.78 is 0. The van der Waals surface area contributed by atoms with E-state index >= 15 is 0 Å². The smallest absolute Gasteiger partial charge is 0.239 e. The molecule has 0 saturated carbocycles. The molecule has 2 rings (SSSR count). The summed E-state index contributed by atoms with van der Waals surface area (Å²) in [5.74, 6) is -0.139. The molecule has 1 aromatic carbocycles. The van der Waals surface area contributed by atoms with Gasteiger partial charge in [0.1, 0.15) is 0 Å². The summed E-state index contributed by atoms with van der Waals surface area (Å²) in [7, 11) is 0. The molecule has 0 unspecified atom stereocenters. The summed E-state index contributed by atoms with van der Waals surface area (Å²) in [4.78, 5) is 25.4. The van der Waals surface area contributed by atoms with E-state index in [4.69, 9.17) is 11.6 Å². The molecule has 2 amide bonds. The second-order valence-electron chi connectivity index (χ2n) is 5.81. The number of hydrogen-bond donors (Lipinski definition) is 2. The Labute approximate surface area is 142 Å². The topological polar surface area (TPSA) is 61.4 Å². The van der Waals surface area contributed by atoms with Gasteiger partial charge in [-0.3, -0.25) is 14.9 Å². The SMILES string of the molecule is CCC(CC)(NCC(=O)N1CCNC(=O)C1)c1ccc(Cl)cc1. The van der Waals surface area contributed by atoms with Gasteiger partial charge >= 0.3 is 0 Å². The van der Waals surface area contributed by atoms with Crippen molar-refractivity contribution >= 4 is 23.4 Å². The number of nitrogens with one attached hydrogen (secondary N) is 2. The fourth-order valence-corrected chi connectivity index (χ4v) is 3.11. The Hall–Kier alpha value is -1.59. The van der Waals surface area contributed by atoms with Gasteiger partial charge in [0.15, 0.2) is 0 Å². The Balaban J connectivity index is 2.05. The van der Waals surface area contributed by atoms with Crippen molar-refractivity contribution in [1.29, 1.82) is 0 Å². The van der Waals surface area contributed by atoms with Crippen molar-refractivity contribution in [3.05, 3.63) is 34.9 Å². The van der Waals surface area contributed by atoms with Crippen LogP contribution < -0.4 is 10.6 Å². The Morgan fingerprint density at radius 2 is 1.96 bits per heavy atom. The van der Waals surface area contributed by atoms with Gasteiger partial charge in [0, 0.05) is 23.7 Å². The molecule has 1 aliphatic rings. The number of carbonyl (C=O) groups excluding carboxylic acids is 2. The zero-order chi connectivity index (χ0) is 16.9. The first kappa shape index (κ1) is 17.8. The Kier molecular flexibility index (Phi) is 6.02. The Morgan fingerprint density at radius 1 is 1.30 bits per heavy atom. The molecule has 0 bridgehead atoms. The third kappa shape index (κ3) is 4.24. The summed E-state index contributed by atoms with van der Waals surface area (Å²) in [6, 6.07) is 7.74. The second kappa shape index (κ2) is 7.79. The second-order valence-corrected chi connectivity index (χ2v) is 6.25. The van der Waals surface area contributed by atoms with Crippen LogP contribution in [0.15, 0.2) is 24.3 Å². The largest absolute Gasteiger partial charge is 0.353 e. The van der Waals surface area contributed by atoms with E-state index in [-0.39, 0.29) is 30.4 Å². The van der Waals surface area contributed by atoms with Crippen LogP contribution in [0.4, 0.5) is 0 Å². The van der Waals surface area contributed by atoms with Crippen LogP contribution in [-0.4, -0.2) is 42.9 Å². The standard InChI is InChI=1S/C17H24ClN3O2/c1-3-17(4-2,13-5-7-14(18)8-6-13)20-11-16(23)21-10-9-19-15(22)12-21/h5-8,20H,3-4,9-12H2,1-2H3,(H,19,22). The van der Waals surface area contributed by atoms with Crippen LogP contribution in [0.3, 0.4) is 0 Å². The zero-order valence-electron chi connectivity index (χ0n) is 13.7. The zero-order valence-corrected chi connectivity index (χ0v) is 14.4. The fraction of sp³-hybridized carbons (Fsp3) is 0.529. The van der Waals surface area contributed by atoms with E-state index in [1.807, 2.05) is 24.3 Å². The number of hydrogen-bond acceptors (Lipinski definition) is 3. The maximum Gasteiger partial charge on any atom is 0.239 e. The van der Waals surface area contributed by atoms with E-state index < -0.39 is 0 Å². The Bertz CT molecular complexity index is 555. The molecule has 2 N–H and O–H groups in total. The van der Waals surface area contributed by atoms with Crippen LogP contribution in [-0.2, 0) is 15.1 Å². The van der Waals surface area contributed by atoms with Gasteiger partial charge in [0.25, 0.3) is 0 Å². The monoisotopic (exact) mass is 337 g/mol. The molecule has 1 heterocycles. The molecule has 0 aliphatic carbocycles. The maximum atomic E-state index is 12.4. The molecule has 6 heteroatoms. The fourth-order valence-electron chi connectivity index (χ4n) is 2.99. The minimum Gasteiger partial charge on any atom is -0.353 e. The van der Waals surface area contributed by atoms with E-state index in [0.29, 0.717) is 18.1 Å². The van der Waals surface area contributed by atoms with Gasteiger partial charge in [0.2, 0.25) is 11.8 Å². The van der Waals surface area contributed by atoms with Gasteiger partial charge in [-0.05, 0) is 30.5 Å². The van der Waals surface area contributed by atoms with Crippen molar-refractivity contribution < 1.29 is 9.59 Å². The highest BCUT2D eigenvalue weighted by Gasteiger charge is 2.30. The van der Waals surface area contributed by atoms with E-state index in [9.17, 15) is 9.59 Å². The van der Waals surface area contributed by atoms with E-state index in [0.717, 1.165) is 18.4 Å². The van der Waals surface area contributed by atoms with Gasteiger partial charge in [-0.2, -0.15) is 0 Å². The van der Waals surface area contributed by atoms with Crippen LogP contribution in [0.25, 0.3) is 0 Å². The molecule has 23 heavy (non-hydrogen) atoms. The van der Waals surface area contributed by atoms with Crippen molar-refractivity contribution in [1.82, 2.24) is 15.5 Å². The molecule has 0 atom stereocenters. The van der Waals surface area contributed by atoms with Crippen LogP contribution in [0.2, 0.25) is 5.02 Å². The number of piperazine rings is 1. The maximum absolute atomic E-state index is 12.4. The summed E-state index contributed by atoms with van der Waals surface area (Å²) in [5.41, 5.74) is 0.856. The summed E-state index contributed by atoms with van der Waals surface area (Å²) in [6.45, 7) is 5.66. The lowest BCUT2D eigenvalue weighted by Crippen LogP contribution is -2.54. The van der Waals surface area contributed by atoms with Gasteiger partial charge in [-0.25, -0.2) is 0 Å². The van der Waals surface area contributed by atoms with Gasteiger partial charge in [0.05, 0.1) is 13.1 Å². The summed E-state index contributed by atoms with van der Waals surface area (Å²) in [6.07, 6.45) is 1.72. The minimum absolute atomic E-state index is 0.0416. The van der Waals surface area contributed by atoms with Gasteiger partial charge in [-0.15, -0.1) is 0 Å². The first-order chi connectivity index (χ1) is 11.0. The lowest BCUT2D eigenvalue weighted by atomic mass is 9.84. The van der Waals surface area contributed by atoms with E-state index in [2.05, 4.69) is 24.5 Å². The Morgan fingerprint density at radius 3 is 2.52 bits per heavy atom. The molecule has 0 radical (unpaired) electrons. The van der Waals surface area contributed by atoms with Gasteiger partial charge in [-0.1, -0.05) is 37.6 Å². The molecule has 1 fully saturated rings. The van der Waals surface area contributed by atoms with Gasteiger partial charge < -0.3 is 10.2 Å². The molecule has 5 nitrogen and oxygen atoms in total. The molecular formula is C17H24ClN3O2. The van der Waals surface area contributed by atoms with Crippen molar-refractivity contribution in [3.63, 3.8) is 0 Å². The molecule has 126 valence electrons. The molecule has 1 saturated heterocycles. The van der Waals surface area contributed by atoms with Crippen molar-refractivity contribution in [2.75, 3.05) is 26.2 Å². The number of carbonyl (C=O) groups is 2. The van der Waals surface area contributed by atoms with Crippen LogP contribution in [0, 0.1) is 0 Å². The van der Waals surface area contributed by atoms with Crippen LogP contribution >= 0.6 is 11.6 Å². The predicted octanol–water partition coefficient (Wildman–Crippen LogP) is 1.90. The van der Waals surface area contributed by atoms with Crippen LogP contribution in [0.5, 0.6) is 0 Å². The number of amides is 2. The first-order valence-corrected chi connectivity index (χ1v) is 8.44. The molecular weight excluding hydrogens is 314 g/mol. The third-order valence-corrected chi connectivity index (χ3v) is 4.82. The highest BCUT2D eigenvalue weighted by molar-refractivity contribution is 6.30. The lowest BCUT2D eigenvalue weighted by molar-refractivity contribution is -0.137. The summed E-state index contributed by atoms with van der Waals surface area (Å²) in [5, 5.41) is 6.84. The van der Waals surface area contributed by atoms with E-state index in [1.54, 1.807) is 4.90 Å². The molecule has 0 spiro atoms. The van der Waals surface area contributed by atoms with Crippen molar-refractivity contribution in [2.24, 2.45) is 0 Å². The molecule has 0 aromatic heterocycles. The minimum atomic E-state index is -0.266. The normalized spacial score (nSPS) is 15.4. The van der Waals surface area contributed by atoms with E-state index in [1.165, 1.54) is 0 Å². The number of benzene rings is 1. The van der Waals surface area contributed by atoms with Crippen molar-refractivity contribution in [3.8, 4) is 0 Å². The number of halogens is 1. The number of nitrogens with zero attached hydrogens (tertiary/aromatic N) is 1. The quantitative estimate of drug-likeness (QED) is 0.833.